The van der Waals surface area contributed by atoms with Crippen LogP contribution in [0.25, 0.3) is 11.6 Å². The molecule has 5 nitrogen and oxygen atoms in total. The molecule has 26 heavy (non-hydrogen) atoms. The first-order chi connectivity index (χ1) is 12.9. The fourth-order valence-corrected chi connectivity index (χ4v) is 4.47. The van der Waals surface area contributed by atoms with E-state index in [0.717, 1.165) is 13.0 Å². The summed E-state index contributed by atoms with van der Waals surface area (Å²) in [5.41, 5.74) is 2.68. The molecule has 4 aromatic rings. The molecule has 3 aromatic heterocycles. The van der Waals surface area contributed by atoms with Gasteiger partial charge in [-0.2, -0.15) is 4.98 Å². The molecule has 1 aliphatic rings. The van der Waals surface area contributed by atoms with Gasteiger partial charge in [0.2, 0.25) is 11.7 Å². The smallest absolute Gasteiger partial charge is 0.241 e. The predicted molar refractivity (Wildman–Crippen MR) is 98.7 cm³/mol. The quantitative estimate of drug-likeness (QED) is 0.533. The summed E-state index contributed by atoms with van der Waals surface area (Å²) in [6, 6.07) is 16.7. The normalized spacial score (nSPS) is 17.3. The van der Waals surface area contributed by atoms with Crippen LogP contribution in [0.4, 0.5) is 0 Å². The monoisotopic (exact) mass is 363 g/mol. The van der Waals surface area contributed by atoms with Crippen LogP contribution < -0.4 is 0 Å². The third kappa shape index (κ3) is 2.77. The Bertz CT molecular complexity index is 991. The lowest BCUT2D eigenvalue weighted by Gasteiger charge is -2.35. The van der Waals surface area contributed by atoms with E-state index in [4.69, 9.17) is 8.94 Å². The summed E-state index contributed by atoms with van der Waals surface area (Å²) in [6.07, 6.45) is 2.66. The Hall–Kier alpha value is -2.70. The lowest BCUT2D eigenvalue weighted by Crippen LogP contribution is -2.35. The van der Waals surface area contributed by atoms with Gasteiger partial charge >= 0.3 is 0 Å². The van der Waals surface area contributed by atoms with Crippen molar-refractivity contribution in [2.24, 2.45) is 0 Å². The highest BCUT2D eigenvalue weighted by Crippen LogP contribution is 2.38. The molecule has 0 saturated carbocycles. The van der Waals surface area contributed by atoms with Gasteiger partial charge in [-0.25, -0.2) is 0 Å². The molecule has 0 saturated heterocycles. The average Bonchev–Trinajstić information content (AvgIpc) is 3.43. The van der Waals surface area contributed by atoms with E-state index in [2.05, 4.69) is 56.8 Å². The molecule has 0 amide bonds. The molecule has 0 fully saturated rings. The summed E-state index contributed by atoms with van der Waals surface area (Å²) in [5, 5.41) is 6.24. The van der Waals surface area contributed by atoms with Crippen LogP contribution in [-0.4, -0.2) is 21.6 Å². The number of furan rings is 1. The number of benzene rings is 1. The van der Waals surface area contributed by atoms with Crippen molar-refractivity contribution in [1.82, 2.24) is 15.0 Å². The summed E-state index contributed by atoms with van der Waals surface area (Å²) in [6.45, 7) is 1.58. The second-order valence-corrected chi connectivity index (χ2v) is 7.32. The van der Waals surface area contributed by atoms with Gasteiger partial charge in [0.05, 0.1) is 18.8 Å². The van der Waals surface area contributed by atoms with E-state index in [9.17, 15) is 0 Å². The van der Waals surface area contributed by atoms with Crippen molar-refractivity contribution in [2.75, 3.05) is 6.54 Å². The fourth-order valence-electron chi connectivity index (χ4n) is 3.56. The third-order valence-corrected chi connectivity index (χ3v) is 5.73. The van der Waals surface area contributed by atoms with Crippen LogP contribution in [-0.2, 0) is 13.0 Å². The van der Waals surface area contributed by atoms with Gasteiger partial charge in [0.25, 0.3) is 0 Å². The first-order valence-corrected chi connectivity index (χ1v) is 9.48. The molecule has 5 rings (SSSR count). The maximum atomic E-state index is 5.48. The van der Waals surface area contributed by atoms with Crippen LogP contribution in [0.1, 0.15) is 27.9 Å². The van der Waals surface area contributed by atoms with Crippen LogP contribution in [0.5, 0.6) is 0 Å². The summed E-state index contributed by atoms with van der Waals surface area (Å²) in [5.74, 6) is 1.73. The van der Waals surface area contributed by atoms with Crippen molar-refractivity contribution >= 4 is 11.3 Å². The lowest BCUT2D eigenvalue weighted by molar-refractivity contribution is 0.179. The molecule has 0 aliphatic carbocycles. The summed E-state index contributed by atoms with van der Waals surface area (Å²) in [4.78, 5) is 8.38. The molecule has 1 aromatic carbocycles. The number of nitrogens with zero attached hydrogens (tertiary/aromatic N) is 3. The number of rotatable bonds is 4. The van der Waals surface area contributed by atoms with Gasteiger partial charge in [-0.3, -0.25) is 4.90 Å². The van der Waals surface area contributed by atoms with Crippen LogP contribution in [0.3, 0.4) is 0 Å². The zero-order valence-electron chi connectivity index (χ0n) is 14.0. The number of thiophene rings is 1. The van der Waals surface area contributed by atoms with Crippen molar-refractivity contribution in [3.05, 3.63) is 82.1 Å². The Labute approximate surface area is 154 Å². The minimum absolute atomic E-state index is 0.213. The van der Waals surface area contributed by atoms with Crippen molar-refractivity contribution in [1.29, 1.82) is 0 Å². The van der Waals surface area contributed by atoms with E-state index in [0.29, 0.717) is 24.0 Å². The van der Waals surface area contributed by atoms with Gasteiger partial charge < -0.3 is 8.94 Å². The standard InChI is InChI=1S/C20H17N3O2S/c1-2-5-14(6-3-1)19-15-9-12-26-17(15)8-10-23(19)13-18-21-20(22-25-18)16-7-4-11-24-16/h1-7,9,11-12,19H,8,10,13H2/t19-/m0/s1. The fraction of sp³-hybridized carbons (Fsp3) is 0.200. The summed E-state index contributed by atoms with van der Waals surface area (Å²) < 4.78 is 10.8. The number of hydrogen-bond acceptors (Lipinski definition) is 6. The van der Waals surface area contributed by atoms with E-state index in [1.165, 1.54) is 16.0 Å². The lowest BCUT2D eigenvalue weighted by atomic mass is 9.93. The predicted octanol–water partition coefficient (Wildman–Crippen LogP) is 4.54. The van der Waals surface area contributed by atoms with Gasteiger partial charge in [0, 0.05) is 11.4 Å². The first-order valence-electron chi connectivity index (χ1n) is 8.60. The zero-order chi connectivity index (χ0) is 17.3. The van der Waals surface area contributed by atoms with E-state index in [1.807, 2.05) is 23.5 Å². The number of fused-ring (bicyclic) bond motifs is 1. The van der Waals surface area contributed by atoms with E-state index in [1.54, 1.807) is 6.26 Å². The number of aromatic nitrogens is 2. The van der Waals surface area contributed by atoms with Crippen molar-refractivity contribution in [2.45, 2.75) is 19.0 Å². The molecule has 1 atom stereocenters. The van der Waals surface area contributed by atoms with Crippen LogP contribution in [0.15, 0.2) is 69.1 Å². The highest BCUT2D eigenvalue weighted by molar-refractivity contribution is 7.10. The molecular formula is C20H17N3O2S. The highest BCUT2D eigenvalue weighted by atomic mass is 32.1. The molecule has 4 heterocycles. The van der Waals surface area contributed by atoms with Crippen molar-refractivity contribution in [3.63, 3.8) is 0 Å². The molecular weight excluding hydrogens is 346 g/mol. The third-order valence-electron chi connectivity index (χ3n) is 4.73. The topological polar surface area (TPSA) is 55.3 Å². The zero-order valence-corrected chi connectivity index (χ0v) is 14.9. The number of hydrogen-bond donors (Lipinski definition) is 0. The molecule has 0 bridgehead atoms. The Balaban J connectivity index is 1.46. The van der Waals surface area contributed by atoms with E-state index >= 15 is 0 Å². The highest BCUT2D eigenvalue weighted by Gasteiger charge is 2.30. The van der Waals surface area contributed by atoms with E-state index < -0.39 is 0 Å². The molecule has 0 unspecified atom stereocenters. The molecule has 0 spiro atoms. The Morgan fingerprint density at radius 2 is 2.04 bits per heavy atom. The average molecular weight is 363 g/mol. The van der Waals surface area contributed by atoms with Gasteiger partial charge in [0.1, 0.15) is 0 Å². The second-order valence-electron chi connectivity index (χ2n) is 6.32. The molecule has 0 radical (unpaired) electrons. The molecule has 0 N–H and O–H groups in total. The Kier molecular flexibility index (Phi) is 3.92. The molecule has 130 valence electrons. The summed E-state index contributed by atoms with van der Waals surface area (Å²) in [7, 11) is 0. The largest absolute Gasteiger partial charge is 0.461 e. The first kappa shape index (κ1) is 15.5. The summed E-state index contributed by atoms with van der Waals surface area (Å²) >= 11 is 1.84. The van der Waals surface area contributed by atoms with Crippen LogP contribution >= 0.6 is 11.3 Å². The SMILES string of the molecule is c1ccc([C@H]2c3ccsc3CCN2Cc2nc(-c3ccco3)no2)cc1. The Morgan fingerprint density at radius 1 is 1.12 bits per heavy atom. The van der Waals surface area contributed by atoms with Gasteiger partial charge in [-0.05, 0) is 41.1 Å². The van der Waals surface area contributed by atoms with E-state index in [-0.39, 0.29) is 6.04 Å². The molecule has 6 heteroatoms. The Morgan fingerprint density at radius 3 is 2.88 bits per heavy atom. The maximum absolute atomic E-state index is 5.48. The van der Waals surface area contributed by atoms with Gasteiger partial charge in [-0.1, -0.05) is 35.5 Å². The van der Waals surface area contributed by atoms with Gasteiger partial charge in [0.15, 0.2) is 5.76 Å². The minimum Gasteiger partial charge on any atom is -0.461 e. The van der Waals surface area contributed by atoms with Crippen molar-refractivity contribution in [3.8, 4) is 11.6 Å². The maximum Gasteiger partial charge on any atom is 0.241 e. The van der Waals surface area contributed by atoms with Crippen LogP contribution in [0, 0.1) is 0 Å². The van der Waals surface area contributed by atoms with Crippen molar-refractivity contribution < 1.29 is 8.94 Å². The minimum atomic E-state index is 0.213. The second kappa shape index (κ2) is 6.55. The van der Waals surface area contributed by atoms with Gasteiger partial charge in [-0.15, -0.1) is 11.3 Å². The van der Waals surface area contributed by atoms with Crippen LogP contribution in [0.2, 0.25) is 0 Å². The molecule has 1 aliphatic heterocycles.